The maximum Gasteiger partial charge on any atom is 0.401 e. The number of halogens is 4. The number of nitrogens with zero attached hydrogens (tertiary/aromatic N) is 1. The molecule has 0 aromatic heterocycles. The maximum atomic E-state index is 12.3. The van der Waals surface area contributed by atoms with Gasteiger partial charge in [-0.1, -0.05) is 23.7 Å². The normalized spacial score (nSPS) is 19.4. The number of hydrogen-bond acceptors (Lipinski definition) is 2. The smallest absolute Gasteiger partial charge is 0.352 e. The first kappa shape index (κ1) is 17.8. The van der Waals surface area contributed by atoms with Gasteiger partial charge < -0.3 is 5.32 Å². The van der Waals surface area contributed by atoms with E-state index in [1.54, 1.807) is 24.3 Å². The van der Waals surface area contributed by atoms with Gasteiger partial charge in [-0.2, -0.15) is 13.2 Å². The van der Waals surface area contributed by atoms with Gasteiger partial charge >= 0.3 is 6.18 Å². The third kappa shape index (κ3) is 6.62. The number of alkyl halides is 3. The van der Waals surface area contributed by atoms with Gasteiger partial charge in [-0.15, -0.1) is 0 Å². The minimum Gasteiger partial charge on any atom is -0.352 e. The standard InChI is InChI=1S/C16H18ClF3N2O/c17-14-3-1-2-12(8-14)4-5-15(23)21-9-13-6-7-22(10-13)11-16(18,19)20/h1-5,8,13H,6-7,9-11H2,(H,21,23)/b5-4+/t13-/m1/s1. The van der Waals surface area contributed by atoms with Crippen LogP contribution in [0.2, 0.25) is 5.02 Å². The molecule has 1 amide bonds. The molecule has 7 heteroatoms. The van der Waals surface area contributed by atoms with Gasteiger partial charge in [0.2, 0.25) is 5.91 Å². The Kier molecular flexibility index (Phi) is 6.07. The van der Waals surface area contributed by atoms with Gasteiger partial charge in [-0.05, 0) is 42.7 Å². The van der Waals surface area contributed by atoms with Crippen molar-refractivity contribution >= 4 is 23.6 Å². The minimum atomic E-state index is -4.17. The Labute approximate surface area is 138 Å². The minimum absolute atomic E-state index is 0.0564. The molecule has 2 rings (SSSR count). The predicted molar refractivity (Wildman–Crippen MR) is 84.1 cm³/mol. The molecule has 0 bridgehead atoms. The number of benzene rings is 1. The molecule has 1 fully saturated rings. The summed E-state index contributed by atoms with van der Waals surface area (Å²) >= 11 is 5.85. The van der Waals surface area contributed by atoms with Crippen molar-refractivity contribution in [2.75, 3.05) is 26.2 Å². The third-order valence-electron chi connectivity index (χ3n) is 3.61. The van der Waals surface area contributed by atoms with Crippen molar-refractivity contribution in [3.05, 3.63) is 40.9 Å². The Hall–Kier alpha value is -1.53. The van der Waals surface area contributed by atoms with Gasteiger partial charge in [0.1, 0.15) is 0 Å². The van der Waals surface area contributed by atoms with E-state index in [1.165, 1.54) is 11.0 Å². The quantitative estimate of drug-likeness (QED) is 0.829. The van der Waals surface area contributed by atoms with Crippen LogP contribution in [0.1, 0.15) is 12.0 Å². The van der Waals surface area contributed by atoms with E-state index in [0.29, 0.717) is 31.1 Å². The SMILES string of the molecule is O=C(/C=C/c1cccc(Cl)c1)NC[C@H]1CCN(CC(F)(F)F)C1. The van der Waals surface area contributed by atoms with Gasteiger partial charge in [0.05, 0.1) is 6.54 Å². The van der Waals surface area contributed by atoms with Crippen molar-refractivity contribution in [1.29, 1.82) is 0 Å². The van der Waals surface area contributed by atoms with Crippen molar-refractivity contribution in [2.24, 2.45) is 5.92 Å². The lowest BCUT2D eigenvalue weighted by Gasteiger charge is -2.17. The van der Waals surface area contributed by atoms with Crippen molar-refractivity contribution in [3.63, 3.8) is 0 Å². The number of carbonyl (C=O) groups is 1. The van der Waals surface area contributed by atoms with Crippen molar-refractivity contribution < 1.29 is 18.0 Å². The van der Waals surface area contributed by atoms with Gasteiger partial charge in [-0.3, -0.25) is 9.69 Å². The first-order valence-corrected chi connectivity index (χ1v) is 7.70. The van der Waals surface area contributed by atoms with Crippen LogP contribution in [0.3, 0.4) is 0 Å². The van der Waals surface area contributed by atoms with Crippen LogP contribution in [-0.4, -0.2) is 43.2 Å². The highest BCUT2D eigenvalue weighted by Gasteiger charge is 2.34. The van der Waals surface area contributed by atoms with E-state index < -0.39 is 12.7 Å². The molecule has 1 aromatic rings. The molecular weight excluding hydrogens is 329 g/mol. The molecule has 0 spiro atoms. The van der Waals surface area contributed by atoms with Crippen LogP contribution in [0, 0.1) is 5.92 Å². The van der Waals surface area contributed by atoms with Crippen LogP contribution in [0.15, 0.2) is 30.3 Å². The van der Waals surface area contributed by atoms with E-state index in [4.69, 9.17) is 11.6 Å². The molecule has 23 heavy (non-hydrogen) atoms. The fraction of sp³-hybridized carbons (Fsp3) is 0.438. The third-order valence-corrected chi connectivity index (χ3v) is 3.85. The summed E-state index contributed by atoms with van der Waals surface area (Å²) < 4.78 is 36.9. The molecule has 126 valence electrons. The van der Waals surface area contributed by atoms with Crippen LogP contribution in [0.5, 0.6) is 0 Å². The molecule has 0 aliphatic carbocycles. The zero-order valence-electron chi connectivity index (χ0n) is 12.4. The average molecular weight is 347 g/mol. The number of hydrogen-bond donors (Lipinski definition) is 1. The lowest BCUT2D eigenvalue weighted by Crippen LogP contribution is -2.34. The second kappa shape index (κ2) is 7.84. The molecular formula is C16H18ClF3N2O. The topological polar surface area (TPSA) is 32.3 Å². The summed E-state index contributed by atoms with van der Waals surface area (Å²) in [6, 6.07) is 7.08. The summed E-state index contributed by atoms with van der Waals surface area (Å²) in [5, 5.41) is 3.31. The molecule has 1 heterocycles. The summed E-state index contributed by atoms with van der Waals surface area (Å²) in [4.78, 5) is 13.1. The monoisotopic (exact) mass is 346 g/mol. The van der Waals surface area contributed by atoms with E-state index in [0.717, 1.165) is 5.56 Å². The summed E-state index contributed by atoms with van der Waals surface area (Å²) in [5.41, 5.74) is 0.810. The number of likely N-dealkylation sites (tertiary alicyclic amines) is 1. The number of nitrogens with one attached hydrogen (secondary N) is 1. The molecule has 1 aromatic carbocycles. The lowest BCUT2D eigenvalue weighted by molar-refractivity contribution is -0.143. The highest BCUT2D eigenvalue weighted by molar-refractivity contribution is 6.30. The highest BCUT2D eigenvalue weighted by atomic mass is 35.5. The Bertz CT molecular complexity index is 575. The summed E-state index contributed by atoms with van der Waals surface area (Å²) in [6.07, 6.45) is -0.466. The Morgan fingerprint density at radius 1 is 1.43 bits per heavy atom. The molecule has 0 saturated carbocycles. The number of amides is 1. The molecule has 0 radical (unpaired) electrons. The van der Waals surface area contributed by atoms with Crippen molar-refractivity contribution in [1.82, 2.24) is 10.2 Å². The first-order valence-electron chi connectivity index (χ1n) is 7.32. The lowest BCUT2D eigenvalue weighted by atomic mass is 10.1. The second-order valence-electron chi connectivity index (χ2n) is 5.64. The fourth-order valence-corrected chi connectivity index (χ4v) is 2.76. The average Bonchev–Trinajstić information content (AvgIpc) is 2.88. The predicted octanol–water partition coefficient (Wildman–Crippen LogP) is 3.35. The maximum absolute atomic E-state index is 12.3. The number of rotatable bonds is 5. The highest BCUT2D eigenvalue weighted by Crippen LogP contribution is 2.22. The number of carbonyl (C=O) groups excluding carboxylic acids is 1. The Morgan fingerprint density at radius 3 is 2.91 bits per heavy atom. The largest absolute Gasteiger partial charge is 0.401 e. The van der Waals surface area contributed by atoms with Crippen LogP contribution in [0.4, 0.5) is 13.2 Å². The first-order chi connectivity index (χ1) is 10.8. The summed E-state index contributed by atoms with van der Waals surface area (Å²) in [6.45, 7) is 0.273. The van der Waals surface area contributed by atoms with Crippen molar-refractivity contribution in [3.8, 4) is 0 Å². The summed E-state index contributed by atoms with van der Waals surface area (Å²) in [5.74, 6) is -0.208. The van der Waals surface area contributed by atoms with E-state index in [-0.39, 0.29) is 11.8 Å². The van der Waals surface area contributed by atoms with Crippen LogP contribution in [-0.2, 0) is 4.79 Å². The molecule has 1 aliphatic heterocycles. The van der Waals surface area contributed by atoms with E-state index >= 15 is 0 Å². The molecule has 1 aliphatic rings. The van der Waals surface area contributed by atoms with Crippen LogP contribution >= 0.6 is 11.6 Å². The van der Waals surface area contributed by atoms with E-state index in [9.17, 15) is 18.0 Å². The van der Waals surface area contributed by atoms with Gasteiger partial charge in [-0.25, -0.2) is 0 Å². The van der Waals surface area contributed by atoms with Gasteiger partial charge in [0, 0.05) is 24.2 Å². The van der Waals surface area contributed by atoms with Gasteiger partial charge in [0.15, 0.2) is 0 Å². The second-order valence-corrected chi connectivity index (χ2v) is 6.07. The fourth-order valence-electron chi connectivity index (χ4n) is 2.56. The molecule has 1 saturated heterocycles. The van der Waals surface area contributed by atoms with Crippen molar-refractivity contribution in [2.45, 2.75) is 12.6 Å². The van der Waals surface area contributed by atoms with E-state index in [2.05, 4.69) is 5.32 Å². The zero-order chi connectivity index (χ0) is 16.9. The molecule has 1 atom stereocenters. The van der Waals surface area contributed by atoms with Gasteiger partial charge in [0.25, 0.3) is 0 Å². The molecule has 3 nitrogen and oxygen atoms in total. The summed E-state index contributed by atoms with van der Waals surface area (Å²) in [7, 11) is 0. The zero-order valence-corrected chi connectivity index (χ0v) is 13.2. The Balaban J connectivity index is 1.73. The van der Waals surface area contributed by atoms with Crippen LogP contribution in [0.25, 0.3) is 6.08 Å². The van der Waals surface area contributed by atoms with Crippen LogP contribution < -0.4 is 5.32 Å². The molecule has 1 N–H and O–H groups in total. The van der Waals surface area contributed by atoms with E-state index in [1.807, 2.05) is 6.07 Å². The Morgan fingerprint density at radius 2 is 2.22 bits per heavy atom. The molecule has 0 unspecified atom stereocenters.